The SMILES string of the molecule is CC(C)Oc1cc(N)cc(NC2CCN(C)CC2)c1. The standard InChI is InChI=1S/C15H25N3O/c1-11(2)19-15-9-12(16)8-14(10-15)17-13-4-6-18(3)7-5-13/h8-11,13,17H,4-7,16H2,1-3H3. The highest BCUT2D eigenvalue weighted by Gasteiger charge is 2.16. The number of nitrogens with two attached hydrogens (primary N) is 1. The molecule has 1 aromatic rings. The maximum atomic E-state index is 5.93. The summed E-state index contributed by atoms with van der Waals surface area (Å²) < 4.78 is 5.71. The van der Waals surface area contributed by atoms with Crippen LogP contribution >= 0.6 is 0 Å². The maximum Gasteiger partial charge on any atom is 0.123 e. The van der Waals surface area contributed by atoms with Gasteiger partial charge < -0.3 is 20.7 Å². The molecule has 4 heteroatoms. The first-order valence-corrected chi connectivity index (χ1v) is 7.05. The molecule has 2 rings (SSSR count). The van der Waals surface area contributed by atoms with E-state index in [1.165, 1.54) is 12.8 Å². The van der Waals surface area contributed by atoms with Gasteiger partial charge in [0.1, 0.15) is 5.75 Å². The molecule has 0 aromatic heterocycles. The van der Waals surface area contributed by atoms with Gasteiger partial charge in [-0.05, 0) is 52.9 Å². The van der Waals surface area contributed by atoms with Gasteiger partial charge in [-0.25, -0.2) is 0 Å². The first kappa shape index (κ1) is 14.0. The second-order valence-corrected chi connectivity index (χ2v) is 5.68. The Labute approximate surface area is 115 Å². The van der Waals surface area contributed by atoms with Gasteiger partial charge >= 0.3 is 0 Å². The second-order valence-electron chi connectivity index (χ2n) is 5.68. The van der Waals surface area contributed by atoms with Crippen molar-refractivity contribution in [1.29, 1.82) is 0 Å². The van der Waals surface area contributed by atoms with Crippen molar-refractivity contribution in [1.82, 2.24) is 4.90 Å². The number of hydrogen-bond acceptors (Lipinski definition) is 4. The van der Waals surface area contributed by atoms with Crippen molar-refractivity contribution in [3.8, 4) is 5.75 Å². The van der Waals surface area contributed by atoms with Gasteiger partial charge in [0.05, 0.1) is 6.10 Å². The van der Waals surface area contributed by atoms with Gasteiger partial charge in [-0.2, -0.15) is 0 Å². The van der Waals surface area contributed by atoms with Gasteiger partial charge in [-0.15, -0.1) is 0 Å². The molecule has 1 aromatic carbocycles. The molecule has 0 spiro atoms. The van der Waals surface area contributed by atoms with Crippen molar-refractivity contribution >= 4 is 11.4 Å². The van der Waals surface area contributed by atoms with Crippen molar-refractivity contribution in [2.45, 2.75) is 38.8 Å². The third-order valence-electron chi connectivity index (χ3n) is 3.39. The van der Waals surface area contributed by atoms with E-state index in [0.717, 1.165) is 30.2 Å². The van der Waals surface area contributed by atoms with Gasteiger partial charge in [-0.1, -0.05) is 0 Å². The number of ether oxygens (including phenoxy) is 1. The Morgan fingerprint density at radius 1 is 1.26 bits per heavy atom. The molecular formula is C15H25N3O. The first-order chi connectivity index (χ1) is 9.02. The molecule has 1 aliphatic rings. The van der Waals surface area contributed by atoms with E-state index < -0.39 is 0 Å². The third kappa shape index (κ3) is 4.31. The van der Waals surface area contributed by atoms with Crippen LogP contribution in [0.3, 0.4) is 0 Å². The lowest BCUT2D eigenvalue weighted by Gasteiger charge is -2.30. The minimum Gasteiger partial charge on any atom is -0.491 e. The van der Waals surface area contributed by atoms with E-state index >= 15 is 0 Å². The lowest BCUT2D eigenvalue weighted by atomic mass is 10.1. The first-order valence-electron chi connectivity index (χ1n) is 7.05. The Morgan fingerprint density at radius 2 is 1.95 bits per heavy atom. The normalized spacial score (nSPS) is 17.7. The van der Waals surface area contributed by atoms with Crippen molar-refractivity contribution in [2.24, 2.45) is 0 Å². The fraction of sp³-hybridized carbons (Fsp3) is 0.600. The summed E-state index contributed by atoms with van der Waals surface area (Å²) in [6.45, 7) is 6.34. The van der Waals surface area contributed by atoms with E-state index in [-0.39, 0.29) is 6.10 Å². The number of nitrogen functional groups attached to an aromatic ring is 1. The van der Waals surface area contributed by atoms with Gasteiger partial charge in [0.2, 0.25) is 0 Å². The van der Waals surface area contributed by atoms with Crippen molar-refractivity contribution in [2.75, 3.05) is 31.2 Å². The zero-order chi connectivity index (χ0) is 13.8. The summed E-state index contributed by atoms with van der Waals surface area (Å²) in [5.74, 6) is 0.838. The molecule has 0 radical (unpaired) electrons. The summed E-state index contributed by atoms with van der Waals surface area (Å²) >= 11 is 0. The maximum absolute atomic E-state index is 5.93. The quantitative estimate of drug-likeness (QED) is 0.820. The van der Waals surface area contributed by atoms with Gasteiger partial charge in [0.15, 0.2) is 0 Å². The monoisotopic (exact) mass is 263 g/mol. The molecule has 0 atom stereocenters. The molecule has 106 valence electrons. The molecule has 0 saturated carbocycles. The van der Waals surface area contributed by atoms with Crippen LogP contribution in [0, 0.1) is 0 Å². The molecule has 0 amide bonds. The van der Waals surface area contributed by atoms with Crippen molar-refractivity contribution in [3.63, 3.8) is 0 Å². The molecule has 0 aliphatic carbocycles. The molecule has 1 saturated heterocycles. The van der Waals surface area contributed by atoms with E-state index in [1.54, 1.807) is 0 Å². The second kappa shape index (κ2) is 6.15. The molecule has 0 bridgehead atoms. The average Bonchev–Trinajstić information content (AvgIpc) is 2.30. The average molecular weight is 263 g/mol. The Hall–Kier alpha value is -1.42. The highest BCUT2D eigenvalue weighted by atomic mass is 16.5. The van der Waals surface area contributed by atoms with Crippen LogP contribution in [0.25, 0.3) is 0 Å². The molecular weight excluding hydrogens is 238 g/mol. The van der Waals surface area contributed by atoms with Crippen LogP contribution in [0.2, 0.25) is 0 Å². The number of piperidine rings is 1. The lowest BCUT2D eigenvalue weighted by molar-refractivity contribution is 0.242. The van der Waals surface area contributed by atoms with Crippen LogP contribution in [0.5, 0.6) is 5.75 Å². The zero-order valence-corrected chi connectivity index (χ0v) is 12.1. The zero-order valence-electron chi connectivity index (χ0n) is 12.1. The minimum atomic E-state index is 0.165. The summed E-state index contributed by atoms with van der Waals surface area (Å²) in [6, 6.07) is 6.42. The van der Waals surface area contributed by atoms with Crippen molar-refractivity contribution in [3.05, 3.63) is 18.2 Å². The number of likely N-dealkylation sites (tertiary alicyclic amines) is 1. The van der Waals surface area contributed by atoms with E-state index in [1.807, 2.05) is 32.0 Å². The summed E-state index contributed by atoms with van der Waals surface area (Å²) in [4.78, 5) is 2.37. The topological polar surface area (TPSA) is 50.5 Å². The predicted molar refractivity (Wildman–Crippen MR) is 80.8 cm³/mol. The summed E-state index contributed by atoms with van der Waals surface area (Å²) in [7, 11) is 2.17. The van der Waals surface area contributed by atoms with E-state index in [0.29, 0.717) is 6.04 Å². The van der Waals surface area contributed by atoms with E-state index in [9.17, 15) is 0 Å². The molecule has 1 aliphatic heterocycles. The number of hydrogen-bond donors (Lipinski definition) is 2. The molecule has 19 heavy (non-hydrogen) atoms. The highest BCUT2D eigenvalue weighted by molar-refractivity contribution is 5.59. The summed E-state index contributed by atoms with van der Waals surface area (Å²) in [5.41, 5.74) is 7.74. The predicted octanol–water partition coefficient (Wildman–Crippen LogP) is 2.56. The van der Waals surface area contributed by atoms with Crippen LogP contribution in [-0.2, 0) is 0 Å². The van der Waals surface area contributed by atoms with Gasteiger partial charge in [-0.3, -0.25) is 0 Å². The molecule has 1 fully saturated rings. The smallest absolute Gasteiger partial charge is 0.123 e. The highest BCUT2D eigenvalue weighted by Crippen LogP contribution is 2.25. The molecule has 3 N–H and O–H groups in total. The van der Waals surface area contributed by atoms with E-state index in [4.69, 9.17) is 10.5 Å². The summed E-state index contributed by atoms with van der Waals surface area (Å²) in [6.07, 6.45) is 2.51. The largest absolute Gasteiger partial charge is 0.491 e. The molecule has 0 unspecified atom stereocenters. The number of anilines is 2. The third-order valence-corrected chi connectivity index (χ3v) is 3.39. The Balaban J connectivity index is 2.01. The van der Waals surface area contributed by atoms with Crippen LogP contribution in [0.1, 0.15) is 26.7 Å². The fourth-order valence-electron chi connectivity index (χ4n) is 2.43. The summed E-state index contributed by atoms with van der Waals surface area (Å²) in [5, 5.41) is 3.57. The number of nitrogens with zero attached hydrogens (tertiary/aromatic N) is 1. The van der Waals surface area contributed by atoms with Crippen LogP contribution < -0.4 is 15.8 Å². The minimum absolute atomic E-state index is 0.165. The fourth-order valence-corrected chi connectivity index (χ4v) is 2.43. The Bertz CT molecular complexity index is 412. The van der Waals surface area contributed by atoms with Gasteiger partial charge in [0.25, 0.3) is 0 Å². The Morgan fingerprint density at radius 3 is 2.58 bits per heavy atom. The number of nitrogens with one attached hydrogen (secondary N) is 1. The van der Waals surface area contributed by atoms with Crippen LogP contribution in [0.15, 0.2) is 18.2 Å². The Kier molecular flexibility index (Phi) is 4.53. The molecule has 1 heterocycles. The van der Waals surface area contributed by atoms with Crippen LogP contribution in [0.4, 0.5) is 11.4 Å². The van der Waals surface area contributed by atoms with E-state index in [2.05, 4.69) is 17.3 Å². The number of benzene rings is 1. The van der Waals surface area contributed by atoms with Crippen LogP contribution in [-0.4, -0.2) is 37.2 Å². The molecule has 4 nitrogen and oxygen atoms in total. The lowest BCUT2D eigenvalue weighted by Crippen LogP contribution is -2.36. The van der Waals surface area contributed by atoms with Gasteiger partial charge in [0, 0.05) is 29.5 Å². The number of rotatable bonds is 4. The van der Waals surface area contributed by atoms with Crippen molar-refractivity contribution < 1.29 is 4.74 Å².